The van der Waals surface area contributed by atoms with Crippen LogP contribution in [0, 0.1) is 0 Å². The van der Waals surface area contributed by atoms with Crippen molar-refractivity contribution in [2.45, 2.75) is 38.1 Å². The van der Waals surface area contributed by atoms with Crippen LogP contribution in [0.3, 0.4) is 0 Å². The molecule has 0 heterocycles. The van der Waals surface area contributed by atoms with Crippen LogP contribution in [0.4, 0.5) is 0 Å². The summed E-state index contributed by atoms with van der Waals surface area (Å²) < 4.78 is 0. The van der Waals surface area contributed by atoms with Crippen molar-refractivity contribution in [3.8, 4) is 0 Å². The molecule has 0 unspecified atom stereocenters. The highest BCUT2D eigenvalue weighted by atomic mass is 16.1. The van der Waals surface area contributed by atoms with E-state index in [-0.39, 0.29) is 11.9 Å². The topological polar surface area (TPSA) is 29.1 Å². The molecule has 0 aliphatic heterocycles. The summed E-state index contributed by atoms with van der Waals surface area (Å²) in [4.78, 5) is 11.7. The van der Waals surface area contributed by atoms with E-state index >= 15 is 0 Å². The van der Waals surface area contributed by atoms with Crippen LogP contribution in [-0.2, 0) is 11.2 Å². The molecule has 0 bridgehead atoms. The molecule has 0 spiro atoms. The molecule has 3 rings (SSSR count). The molecular formula is C19H21NO. The van der Waals surface area contributed by atoms with Gasteiger partial charge in [0.1, 0.15) is 0 Å². The molecule has 2 aromatic rings. The fourth-order valence-electron chi connectivity index (χ4n) is 3.26. The van der Waals surface area contributed by atoms with Gasteiger partial charge in [-0.15, -0.1) is 0 Å². The van der Waals surface area contributed by atoms with Gasteiger partial charge < -0.3 is 5.32 Å². The summed E-state index contributed by atoms with van der Waals surface area (Å²) in [5.74, 6) is 0.518. The second-order valence-electron chi connectivity index (χ2n) is 5.72. The minimum Gasteiger partial charge on any atom is -0.353 e. The lowest BCUT2D eigenvalue weighted by atomic mass is 9.76. The third kappa shape index (κ3) is 2.99. The van der Waals surface area contributed by atoms with Crippen LogP contribution in [0.15, 0.2) is 54.6 Å². The molecule has 21 heavy (non-hydrogen) atoms. The van der Waals surface area contributed by atoms with Gasteiger partial charge in [-0.1, -0.05) is 61.5 Å². The number of fused-ring (bicyclic) bond motifs is 1. The summed E-state index contributed by atoms with van der Waals surface area (Å²) in [5, 5.41) is 3.17. The van der Waals surface area contributed by atoms with Gasteiger partial charge in [0, 0.05) is 18.4 Å². The second-order valence-corrected chi connectivity index (χ2v) is 5.72. The van der Waals surface area contributed by atoms with Crippen molar-refractivity contribution in [1.29, 1.82) is 0 Å². The number of benzene rings is 2. The summed E-state index contributed by atoms with van der Waals surface area (Å²) in [7, 11) is 0. The molecule has 2 atom stereocenters. The van der Waals surface area contributed by atoms with E-state index in [9.17, 15) is 4.79 Å². The van der Waals surface area contributed by atoms with Crippen LogP contribution in [0.1, 0.15) is 42.4 Å². The average Bonchev–Trinajstić information content (AvgIpc) is 2.55. The van der Waals surface area contributed by atoms with E-state index in [4.69, 9.17) is 0 Å². The third-order valence-electron chi connectivity index (χ3n) is 4.31. The van der Waals surface area contributed by atoms with Gasteiger partial charge in [0.2, 0.25) is 5.91 Å². The summed E-state index contributed by atoms with van der Waals surface area (Å²) in [5.41, 5.74) is 4.10. The Hall–Kier alpha value is -2.09. The normalized spacial score (nSPS) is 20.6. The van der Waals surface area contributed by atoms with E-state index in [1.165, 1.54) is 16.7 Å². The van der Waals surface area contributed by atoms with E-state index in [1.807, 2.05) is 6.92 Å². The minimum atomic E-state index is 0.145. The number of amides is 1. The SMILES string of the molecule is CCC(=O)N[C@@H]1Cc2ccccc2[C@H](c2ccccc2)C1. The van der Waals surface area contributed by atoms with E-state index in [0.29, 0.717) is 12.3 Å². The molecule has 1 aliphatic rings. The first kappa shape index (κ1) is 13.9. The molecule has 0 saturated carbocycles. The highest BCUT2D eigenvalue weighted by Gasteiger charge is 2.28. The predicted octanol–water partition coefficient (Wildman–Crippen LogP) is 3.66. The van der Waals surface area contributed by atoms with Gasteiger partial charge in [-0.05, 0) is 29.5 Å². The number of carbonyl (C=O) groups excluding carboxylic acids is 1. The van der Waals surface area contributed by atoms with Crippen molar-refractivity contribution in [2.24, 2.45) is 0 Å². The Morgan fingerprint density at radius 1 is 1.10 bits per heavy atom. The molecule has 2 aromatic carbocycles. The fraction of sp³-hybridized carbons (Fsp3) is 0.316. The predicted molar refractivity (Wildman–Crippen MR) is 85.3 cm³/mol. The lowest BCUT2D eigenvalue weighted by Gasteiger charge is -2.32. The van der Waals surface area contributed by atoms with E-state index in [2.05, 4.69) is 59.9 Å². The molecular weight excluding hydrogens is 258 g/mol. The first-order valence-corrected chi connectivity index (χ1v) is 7.70. The summed E-state index contributed by atoms with van der Waals surface area (Å²) >= 11 is 0. The molecule has 108 valence electrons. The molecule has 1 amide bonds. The molecule has 0 fully saturated rings. The third-order valence-corrected chi connectivity index (χ3v) is 4.31. The van der Waals surface area contributed by atoms with Crippen molar-refractivity contribution in [3.05, 3.63) is 71.3 Å². The Balaban J connectivity index is 1.93. The number of hydrogen-bond acceptors (Lipinski definition) is 1. The number of rotatable bonds is 3. The van der Waals surface area contributed by atoms with Gasteiger partial charge in [0.15, 0.2) is 0 Å². The van der Waals surface area contributed by atoms with Gasteiger partial charge in [-0.2, -0.15) is 0 Å². The highest BCUT2D eigenvalue weighted by Crippen LogP contribution is 2.36. The summed E-state index contributed by atoms with van der Waals surface area (Å²) in [6.07, 6.45) is 2.46. The molecule has 2 heteroatoms. The average molecular weight is 279 g/mol. The lowest BCUT2D eigenvalue weighted by Crippen LogP contribution is -2.39. The summed E-state index contributed by atoms with van der Waals surface area (Å²) in [6, 6.07) is 19.5. The number of hydrogen-bond donors (Lipinski definition) is 1. The largest absolute Gasteiger partial charge is 0.353 e. The maximum atomic E-state index is 11.7. The van der Waals surface area contributed by atoms with Gasteiger partial charge in [0.05, 0.1) is 0 Å². The maximum Gasteiger partial charge on any atom is 0.219 e. The molecule has 0 radical (unpaired) electrons. The molecule has 2 nitrogen and oxygen atoms in total. The van der Waals surface area contributed by atoms with E-state index in [1.54, 1.807) is 0 Å². The van der Waals surface area contributed by atoms with Crippen LogP contribution >= 0.6 is 0 Å². The zero-order valence-corrected chi connectivity index (χ0v) is 12.4. The fourth-order valence-corrected chi connectivity index (χ4v) is 3.26. The van der Waals surface area contributed by atoms with Crippen molar-refractivity contribution in [2.75, 3.05) is 0 Å². The Morgan fingerprint density at radius 2 is 1.81 bits per heavy atom. The van der Waals surface area contributed by atoms with Crippen molar-refractivity contribution >= 4 is 5.91 Å². The first-order valence-electron chi connectivity index (χ1n) is 7.70. The molecule has 0 saturated heterocycles. The van der Waals surface area contributed by atoms with E-state index in [0.717, 1.165) is 12.8 Å². The molecule has 1 aliphatic carbocycles. The van der Waals surface area contributed by atoms with Crippen LogP contribution < -0.4 is 5.32 Å². The monoisotopic (exact) mass is 279 g/mol. The second kappa shape index (κ2) is 6.13. The van der Waals surface area contributed by atoms with Crippen LogP contribution in [0.2, 0.25) is 0 Å². The Morgan fingerprint density at radius 3 is 2.57 bits per heavy atom. The van der Waals surface area contributed by atoms with Crippen LogP contribution in [-0.4, -0.2) is 11.9 Å². The Labute approximate surface area is 126 Å². The first-order chi connectivity index (χ1) is 10.3. The smallest absolute Gasteiger partial charge is 0.219 e. The maximum absolute atomic E-state index is 11.7. The van der Waals surface area contributed by atoms with Gasteiger partial charge >= 0.3 is 0 Å². The van der Waals surface area contributed by atoms with Crippen LogP contribution in [0.25, 0.3) is 0 Å². The summed E-state index contributed by atoms with van der Waals surface area (Å²) in [6.45, 7) is 1.90. The zero-order valence-electron chi connectivity index (χ0n) is 12.4. The van der Waals surface area contributed by atoms with Crippen molar-refractivity contribution < 1.29 is 4.79 Å². The zero-order chi connectivity index (χ0) is 14.7. The van der Waals surface area contributed by atoms with Crippen LogP contribution in [0.5, 0.6) is 0 Å². The number of nitrogens with one attached hydrogen (secondary N) is 1. The van der Waals surface area contributed by atoms with Crippen molar-refractivity contribution in [3.63, 3.8) is 0 Å². The number of carbonyl (C=O) groups is 1. The Kier molecular flexibility index (Phi) is 4.05. The molecule has 0 aromatic heterocycles. The van der Waals surface area contributed by atoms with Gasteiger partial charge in [-0.25, -0.2) is 0 Å². The van der Waals surface area contributed by atoms with E-state index < -0.39 is 0 Å². The van der Waals surface area contributed by atoms with Gasteiger partial charge in [0.25, 0.3) is 0 Å². The standard InChI is InChI=1S/C19H21NO/c1-2-19(21)20-16-12-15-10-6-7-11-17(15)18(13-16)14-8-4-3-5-9-14/h3-11,16,18H,2,12-13H2,1H3,(H,20,21)/t16-,18+/m1/s1. The van der Waals surface area contributed by atoms with Gasteiger partial charge in [-0.3, -0.25) is 4.79 Å². The minimum absolute atomic E-state index is 0.145. The lowest BCUT2D eigenvalue weighted by molar-refractivity contribution is -0.121. The highest BCUT2D eigenvalue weighted by molar-refractivity contribution is 5.76. The Bertz CT molecular complexity index is 620. The quantitative estimate of drug-likeness (QED) is 0.912. The van der Waals surface area contributed by atoms with Crippen molar-refractivity contribution in [1.82, 2.24) is 5.32 Å². The molecule has 1 N–H and O–H groups in total.